The fourth-order valence-electron chi connectivity index (χ4n) is 3.10. The summed E-state index contributed by atoms with van der Waals surface area (Å²) in [7, 11) is 0. The Balaban J connectivity index is 1.83. The van der Waals surface area contributed by atoms with Crippen LogP contribution in [0.2, 0.25) is 0 Å². The van der Waals surface area contributed by atoms with Gasteiger partial charge in [0, 0.05) is 18.2 Å². The molecule has 0 spiro atoms. The number of ether oxygens (including phenoxy) is 2. The summed E-state index contributed by atoms with van der Waals surface area (Å²) in [4.78, 5) is 17.2. The highest BCUT2D eigenvalue weighted by Crippen LogP contribution is 2.44. The lowest BCUT2D eigenvalue weighted by Gasteiger charge is -2.29. The number of nitrogens with zero attached hydrogens (tertiary/aromatic N) is 1. The largest absolute Gasteiger partial charge is 0.378 e. The molecule has 1 saturated heterocycles. The minimum Gasteiger partial charge on any atom is -0.378 e. The van der Waals surface area contributed by atoms with Gasteiger partial charge in [-0.1, -0.05) is 0 Å². The van der Waals surface area contributed by atoms with E-state index in [0.717, 1.165) is 0 Å². The van der Waals surface area contributed by atoms with E-state index in [2.05, 4.69) is 17.2 Å². The maximum atomic E-state index is 12.8. The van der Waals surface area contributed by atoms with Crippen molar-refractivity contribution in [2.75, 3.05) is 18.5 Å². The van der Waals surface area contributed by atoms with E-state index in [0.29, 0.717) is 31.4 Å². The number of aryl methyl sites for hydroxylation is 1. The van der Waals surface area contributed by atoms with E-state index in [1.54, 1.807) is 6.20 Å². The molecule has 2 aliphatic rings. The van der Waals surface area contributed by atoms with Crippen LogP contribution >= 0.6 is 0 Å². The summed E-state index contributed by atoms with van der Waals surface area (Å²) >= 11 is 0. The van der Waals surface area contributed by atoms with Crippen molar-refractivity contribution in [2.24, 2.45) is 0 Å². The molecular formula is C17H24N2O3. The van der Waals surface area contributed by atoms with E-state index in [-0.39, 0.29) is 12.0 Å². The molecule has 1 aromatic heterocycles. The van der Waals surface area contributed by atoms with Crippen molar-refractivity contribution in [3.05, 3.63) is 23.4 Å². The van der Waals surface area contributed by atoms with Gasteiger partial charge in [0.1, 0.15) is 5.82 Å². The Morgan fingerprint density at radius 1 is 1.50 bits per heavy atom. The highest BCUT2D eigenvalue weighted by atomic mass is 16.6. The van der Waals surface area contributed by atoms with Crippen LogP contribution in [-0.2, 0) is 14.3 Å². The number of aromatic nitrogens is 1. The lowest BCUT2D eigenvalue weighted by atomic mass is 10.0. The van der Waals surface area contributed by atoms with Crippen LogP contribution in [0.15, 0.2) is 12.3 Å². The lowest BCUT2D eigenvalue weighted by Crippen LogP contribution is -2.47. The summed E-state index contributed by atoms with van der Waals surface area (Å²) < 4.78 is 11.3. The molecule has 22 heavy (non-hydrogen) atoms. The number of carbonyl (C=O) groups is 1. The number of pyridine rings is 1. The Bertz CT molecular complexity index is 561. The van der Waals surface area contributed by atoms with Crippen molar-refractivity contribution < 1.29 is 14.3 Å². The Labute approximate surface area is 131 Å². The first-order chi connectivity index (χ1) is 10.5. The van der Waals surface area contributed by atoms with Crippen molar-refractivity contribution in [1.82, 2.24) is 4.98 Å². The summed E-state index contributed by atoms with van der Waals surface area (Å²) in [5, 5.41) is 3.01. The second kappa shape index (κ2) is 5.97. The molecular weight excluding hydrogens is 280 g/mol. The summed E-state index contributed by atoms with van der Waals surface area (Å²) in [6, 6.07) is 2.00. The first-order valence-electron chi connectivity index (χ1n) is 8.04. The molecule has 1 atom stereocenters. The van der Waals surface area contributed by atoms with Gasteiger partial charge in [0.25, 0.3) is 5.91 Å². The molecule has 1 saturated carbocycles. The summed E-state index contributed by atoms with van der Waals surface area (Å²) in [6.07, 6.45) is 4.65. The first kappa shape index (κ1) is 15.4. The number of hydrogen-bond donors (Lipinski definition) is 1. The van der Waals surface area contributed by atoms with E-state index >= 15 is 0 Å². The minimum atomic E-state index is -0.888. The molecule has 2 fully saturated rings. The van der Waals surface area contributed by atoms with E-state index in [1.807, 2.05) is 19.9 Å². The molecule has 2 heterocycles. The van der Waals surface area contributed by atoms with Crippen LogP contribution in [0.4, 0.5) is 5.82 Å². The predicted octanol–water partition coefficient (Wildman–Crippen LogP) is 2.79. The molecule has 0 aromatic carbocycles. The Hall–Kier alpha value is -1.46. The molecule has 5 heteroatoms. The van der Waals surface area contributed by atoms with Gasteiger partial charge in [-0.05, 0) is 51.2 Å². The van der Waals surface area contributed by atoms with Gasteiger partial charge >= 0.3 is 0 Å². The average Bonchev–Trinajstić information content (AvgIpc) is 3.17. The summed E-state index contributed by atoms with van der Waals surface area (Å²) in [5.74, 6) is 1.08. The summed E-state index contributed by atoms with van der Waals surface area (Å²) in [6.45, 7) is 6.81. The third kappa shape index (κ3) is 3.01. The number of hydrogen-bond acceptors (Lipinski definition) is 4. The Morgan fingerprint density at radius 2 is 2.27 bits per heavy atom. The van der Waals surface area contributed by atoms with Gasteiger partial charge in [-0.2, -0.15) is 0 Å². The van der Waals surface area contributed by atoms with Gasteiger partial charge in [0.15, 0.2) is 5.60 Å². The van der Waals surface area contributed by atoms with Gasteiger partial charge in [0.05, 0.1) is 19.3 Å². The van der Waals surface area contributed by atoms with Gasteiger partial charge in [0.2, 0.25) is 0 Å². The topological polar surface area (TPSA) is 60.5 Å². The fraction of sp³-hybridized carbons (Fsp3) is 0.647. The summed E-state index contributed by atoms with van der Waals surface area (Å²) in [5.41, 5.74) is 1.48. The molecule has 1 amide bonds. The Kier molecular flexibility index (Phi) is 4.19. The van der Waals surface area contributed by atoms with E-state index < -0.39 is 5.60 Å². The SMILES string of the molecule is Cc1ccnc(NC(=O)[C@]2(OC(C)C)CCOC2)c1C1CC1. The standard InChI is InChI=1S/C17H24N2O3/c1-11(2)22-17(7-9-21-10-17)16(20)19-15-14(13-4-5-13)12(3)6-8-18-15/h6,8,11,13H,4-5,7,9-10H2,1-3H3,(H,18,19,20)/t17-/m0/s1. The van der Waals surface area contributed by atoms with Crippen LogP contribution in [0, 0.1) is 6.92 Å². The average molecular weight is 304 g/mol. The van der Waals surface area contributed by atoms with E-state index in [4.69, 9.17) is 9.47 Å². The van der Waals surface area contributed by atoms with Crippen LogP contribution < -0.4 is 5.32 Å². The predicted molar refractivity (Wildman–Crippen MR) is 84.0 cm³/mol. The van der Waals surface area contributed by atoms with Crippen LogP contribution in [0.1, 0.15) is 50.2 Å². The maximum Gasteiger partial charge on any atom is 0.260 e. The van der Waals surface area contributed by atoms with Crippen molar-refractivity contribution in [3.63, 3.8) is 0 Å². The minimum absolute atomic E-state index is 0.0270. The molecule has 1 aliphatic heterocycles. The zero-order valence-electron chi connectivity index (χ0n) is 13.5. The molecule has 0 radical (unpaired) electrons. The maximum absolute atomic E-state index is 12.8. The van der Waals surface area contributed by atoms with Crippen molar-refractivity contribution in [2.45, 2.75) is 57.7 Å². The van der Waals surface area contributed by atoms with Crippen molar-refractivity contribution in [3.8, 4) is 0 Å². The van der Waals surface area contributed by atoms with Crippen molar-refractivity contribution in [1.29, 1.82) is 0 Å². The highest BCUT2D eigenvalue weighted by molar-refractivity contribution is 5.97. The van der Waals surface area contributed by atoms with E-state index in [1.165, 1.54) is 24.0 Å². The molecule has 1 aromatic rings. The van der Waals surface area contributed by atoms with Gasteiger partial charge in [-0.15, -0.1) is 0 Å². The molecule has 120 valence electrons. The molecule has 1 N–H and O–H groups in total. The normalized spacial score (nSPS) is 24.7. The number of amides is 1. The van der Waals surface area contributed by atoms with Crippen LogP contribution in [-0.4, -0.2) is 35.8 Å². The van der Waals surface area contributed by atoms with E-state index in [9.17, 15) is 4.79 Å². The zero-order valence-corrected chi connectivity index (χ0v) is 13.5. The monoisotopic (exact) mass is 304 g/mol. The second-order valence-corrected chi connectivity index (χ2v) is 6.58. The van der Waals surface area contributed by atoms with Crippen LogP contribution in [0.5, 0.6) is 0 Å². The lowest BCUT2D eigenvalue weighted by molar-refractivity contribution is -0.147. The van der Waals surface area contributed by atoms with Crippen LogP contribution in [0.25, 0.3) is 0 Å². The quantitative estimate of drug-likeness (QED) is 0.908. The molecule has 5 nitrogen and oxygen atoms in total. The third-order valence-electron chi connectivity index (χ3n) is 4.29. The number of nitrogens with one attached hydrogen (secondary N) is 1. The molecule has 3 rings (SSSR count). The molecule has 0 unspecified atom stereocenters. The van der Waals surface area contributed by atoms with Gasteiger partial charge < -0.3 is 14.8 Å². The second-order valence-electron chi connectivity index (χ2n) is 6.58. The number of carbonyl (C=O) groups excluding carboxylic acids is 1. The third-order valence-corrected chi connectivity index (χ3v) is 4.29. The van der Waals surface area contributed by atoms with Crippen LogP contribution in [0.3, 0.4) is 0 Å². The highest BCUT2D eigenvalue weighted by Gasteiger charge is 2.45. The smallest absolute Gasteiger partial charge is 0.260 e. The number of anilines is 1. The fourth-order valence-corrected chi connectivity index (χ4v) is 3.10. The van der Waals surface area contributed by atoms with Gasteiger partial charge in [-0.3, -0.25) is 4.79 Å². The van der Waals surface area contributed by atoms with Crippen molar-refractivity contribution >= 4 is 11.7 Å². The Morgan fingerprint density at radius 3 is 2.86 bits per heavy atom. The number of rotatable bonds is 5. The molecule has 0 bridgehead atoms. The van der Waals surface area contributed by atoms with Gasteiger partial charge in [-0.25, -0.2) is 4.98 Å². The molecule has 1 aliphatic carbocycles. The zero-order chi connectivity index (χ0) is 15.7. The first-order valence-corrected chi connectivity index (χ1v) is 8.04.